The summed E-state index contributed by atoms with van der Waals surface area (Å²) in [4.78, 5) is 0. The van der Waals surface area contributed by atoms with E-state index in [0.717, 1.165) is 0 Å². The first-order chi connectivity index (χ1) is 10.9. The SMILES string of the molecule is c1cc2cc3sc4cc5c(cc4c3cc2s1)sc1ccsc15. The number of benzene rings is 2. The fourth-order valence-electron chi connectivity index (χ4n) is 3.21. The lowest BCUT2D eigenvalue weighted by Gasteiger charge is -1.94. The van der Waals surface area contributed by atoms with Gasteiger partial charge >= 0.3 is 0 Å². The van der Waals surface area contributed by atoms with Crippen molar-refractivity contribution in [1.82, 2.24) is 0 Å². The van der Waals surface area contributed by atoms with Crippen LogP contribution in [0.1, 0.15) is 0 Å². The summed E-state index contributed by atoms with van der Waals surface area (Å²) in [6.45, 7) is 0. The van der Waals surface area contributed by atoms with Gasteiger partial charge in [-0.15, -0.1) is 45.3 Å². The Kier molecular flexibility index (Phi) is 2.23. The largest absolute Gasteiger partial charge is 0.144 e. The Morgan fingerprint density at radius 2 is 1.23 bits per heavy atom. The quantitative estimate of drug-likeness (QED) is 0.263. The van der Waals surface area contributed by atoms with Crippen LogP contribution in [0.25, 0.3) is 49.7 Å². The first kappa shape index (κ1) is 12.0. The van der Waals surface area contributed by atoms with E-state index >= 15 is 0 Å². The smallest absolute Gasteiger partial charge is 0.0529 e. The van der Waals surface area contributed by atoms with Gasteiger partial charge in [0.2, 0.25) is 0 Å². The van der Waals surface area contributed by atoms with E-state index in [1.54, 1.807) is 0 Å². The molecule has 0 amide bonds. The first-order valence-electron chi connectivity index (χ1n) is 7.00. The van der Waals surface area contributed by atoms with Gasteiger partial charge in [0.15, 0.2) is 0 Å². The van der Waals surface area contributed by atoms with Gasteiger partial charge in [-0.1, -0.05) is 0 Å². The molecular formula is C18H8S4. The highest BCUT2D eigenvalue weighted by Gasteiger charge is 2.12. The molecule has 0 aliphatic rings. The van der Waals surface area contributed by atoms with Crippen LogP contribution in [-0.4, -0.2) is 0 Å². The molecule has 4 heterocycles. The zero-order chi connectivity index (χ0) is 14.3. The average molecular weight is 353 g/mol. The van der Waals surface area contributed by atoms with Crippen LogP contribution in [0.2, 0.25) is 0 Å². The van der Waals surface area contributed by atoms with Crippen molar-refractivity contribution in [3.8, 4) is 0 Å². The third-order valence-electron chi connectivity index (χ3n) is 4.24. The summed E-state index contributed by atoms with van der Waals surface area (Å²) in [6.07, 6.45) is 0. The normalized spacial score (nSPS) is 12.5. The molecule has 6 aromatic rings. The molecule has 6 rings (SSSR count). The third-order valence-corrected chi connectivity index (χ3v) is 8.43. The number of rotatable bonds is 0. The molecule has 4 heteroatoms. The van der Waals surface area contributed by atoms with E-state index in [4.69, 9.17) is 0 Å². The Balaban J connectivity index is 1.85. The summed E-state index contributed by atoms with van der Waals surface area (Å²) in [6, 6.07) is 14.0. The topological polar surface area (TPSA) is 0 Å². The van der Waals surface area contributed by atoms with Crippen molar-refractivity contribution < 1.29 is 0 Å². The van der Waals surface area contributed by atoms with Gasteiger partial charge in [0.1, 0.15) is 0 Å². The lowest BCUT2D eigenvalue weighted by atomic mass is 10.1. The van der Waals surface area contributed by atoms with E-state index in [9.17, 15) is 0 Å². The van der Waals surface area contributed by atoms with E-state index in [-0.39, 0.29) is 0 Å². The molecular weight excluding hydrogens is 344 g/mol. The summed E-state index contributed by atoms with van der Waals surface area (Å²) in [5.74, 6) is 0. The summed E-state index contributed by atoms with van der Waals surface area (Å²) >= 11 is 7.53. The third kappa shape index (κ3) is 1.46. The summed E-state index contributed by atoms with van der Waals surface area (Å²) < 4.78 is 8.48. The lowest BCUT2D eigenvalue weighted by molar-refractivity contribution is 2.05. The number of hydrogen-bond acceptors (Lipinski definition) is 4. The van der Waals surface area contributed by atoms with Crippen LogP contribution in [0.5, 0.6) is 0 Å². The highest BCUT2D eigenvalue weighted by Crippen LogP contribution is 2.44. The molecule has 0 aliphatic carbocycles. The molecule has 0 N–H and O–H groups in total. The van der Waals surface area contributed by atoms with Gasteiger partial charge in [0.05, 0.1) is 4.70 Å². The maximum atomic E-state index is 2.40. The minimum Gasteiger partial charge on any atom is -0.144 e. The predicted molar refractivity (Wildman–Crippen MR) is 105 cm³/mol. The van der Waals surface area contributed by atoms with Gasteiger partial charge in [-0.05, 0) is 52.5 Å². The lowest BCUT2D eigenvalue weighted by Crippen LogP contribution is -1.67. The van der Waals surface area contributed by atoms with Crippen LogP contribution in [0.15, 0.2) is 47.2 Å². The molecule has 0 fully saturated rings. The van der Waals surface area contributed by atoms with Gasteiger partial charge in [0.25, 0.3) is 0 Å². The average Bonchev–Trinajstić information content (AvgIpc) is 3.25. The molecule has 0 saturated carbocycles. The fourth-order valence-corrected chi connectivity index (χ4v) is 7.44. The second-order valence-electron chi connectivity index (χ2n) is 5.47. The van der Waals surface area contributed by atoms with Crippen molar-refractivity contribution >= 4 is 95.1 Å². The van der Waals surface area contributed by atoms with Crippen molar-refractivity contribution in [3.63, 3.8) is 0 Å². The van der Waals surface area contributed by atoms with Gasteiger partial charge in [-0.3, -0.25) is 0 Å². The summed E-state index contributed by atoms with van der Waals surface area (Å²) in [5, 5.41) is 10.00. The Morgan fingerprint density at radius 1 is 0.545 bits per heavy atom. The first-order valence-corrected chi connectivity index (χ1v) is 10.4. The molecule has 0 aliphatic heterocycles. The highest BCUT2D eigenvalue weighted by molar-refractivity contribution is 7.32. The molecule has 2 aromatic carbocycles. The zero-order valence-corrected chi connectivity index (χ0v) is 14.5. The van der Waals surface area contributed by atoms with Gasteiger partial charge in [-0.25, -0.2) is 0 Å². The number of hydrogen-bond donors (Lipinski definition) is 0. The predicted octanol–water partition coefficient (Wildman–Crippen LogP) is 7.70. The molecule has 22 heavy (non-hydrogen) atoms. The molecule has 0 radical (unpaired) electrons. The van der Waals surface area contributed by atoms with Crippen molar-refractivity contribution in [3.05, 3.63) is 47.2 Å². The van der Waals surface area contributed by atoms with Gasteiger partial charge < -0.3 is 0 Å². The van der Waals surface area contributed by atoms with Crippen molar-refractivity contribution in [2.75, 3.05) is 0 Å². The second-order valence-corrected chi connectivity index (χ2v) is 9.50. The highest BCUT2D eigenvalue weighted by atomic mass is 32.1. The van der Waals surface area contributed by atoms with Crippen LogP contribution in [0.4, 0.5) is 0 Å². The monoisotopic (exact) mass is 352 g/mol. The van der Waals surface area contributed by atoms with E-state index in [0.29, 0.717) is 0 Å². The van der Waals surface area contributed by atoms with E-state index < -0.39 is 0 Å². The molecule has 0 bridgehead atoms. The Morgan fingerprint density at radius 3 is 2.18 bits per heavy atom. The molecule has 4 aromatic heterocycles. The Bertz CT molecular complexity index is 1320. The Hall–Kier alpha value is -1.46. The second kappa shape index (κ2) is 4.09. The number of thiophene rings is 4. The number of fused-ring (bicyclic) bond motifs is 7. The minimum atomic E-state index is 1.37. The minimum absolute atomic E-state index is 1.37. The summed E-state index contributed by atoms with van der Waals surface area (Å²) in [5.41, 5.74) is 0. The molecule has 0 atom stereocenters. The molecule has 104 valence electrons. The van der Waals surface area contributed by atoms with E-state index in [2.05, 4.69) is 47.2 Å². The van der Waals surface area contributed by atoms with Crippen LogP contribution in [0, 0.1) is 0 Å². The van der Waals surface area contributed by atoms with E-state index in [1.807, 2.05) is 45.3 Å². The maximum absolute atomic E-state index is 2.40. The van der Waals surface area contributed by atoms with Crippen molar-refractivity contribution in [2.45, 2.75) is 0 Å². The van der Waals surface area contributed by atoms with Gasteiger partial charge in [0, 0.05) is 39.7 Å². The van der Waals surface area contributed by atoms with Crippen LogP contribution >= 0.6 is 45.3 Å². The van der Waals surface area contributed by atoms with Crippen LogP contribution < -0.4 is 0 Å². The van der Waals surface area contributed by atoms with Crippen LogP contribution in [-0.2, 0) is 0 Å². The Labute approximate surface area is 141 Å². The summed E-state index contributed by atoms with van der Waals surface area (Å²) in [7, 11) is 0. The molecule has 0 spiro atoms. The zero-order valence-electron chi connectivity index (χ0n) is 11.3. The van der Waals surface area contributed by atoms with Crippen LogP contribution in [0.3, 0.4) is 0 Å². The maximum Gasteiger partial charge on any atom is 0.0529 e. The molecule has 0 saturated heterocycles. The molecule has 0 nitrogen and oxygen atoms in total. The van der Waals surface area contributed by atoms with Crippen molar-refractivity contribution in [1.29, 1.82) is 0 Å². The standard InChI is InChI=1S/C18H8S4/c1-3-19-14-6-10-11-7-17-12(18-13(21-17)2-4-20-18)8-16(11)22-15(10)5-9(1)14/h1-8H. The molecule has 0 unspecified atom stereocenters. The van der Waals surface area contributed by atoms with Crippen molar-refractivity contribution in [2.24, 2.45) is 0 Å². The van der Waals surface area contributed by atoms with E-state index in [1.165, 1.54) is 49.7 Å². The fraction of sp³-hybridized carbons (Fsp3) is 0. The van der Waals surface area contributed by atoms with Gasteiger partial charge in [-0.2, -0.15) is 0 Å².